The van der Waals surface area contributed by atoms with Gasteiger partial charge in [0.1, 0.15) is 17.5 Å². The maximum Gasteiger partial charge on any atom is 0.254 e. The van der Waals surface area contributed by atoms with E-state index in [4.69, 9.17) is 4.74 Å². The zero-order valence-electron chi connectivity index (χ0n) is 14.1. The summed E-state index contributed by atoms with van der Waals surface area (Å²) in [5.41, 5.74) is 0.547. The predicted octanol–water partition coefficient (Wildman–Crippen LogP) is 1.64. The molecule has 130 valence electrons. The van der Waals surface area contributed by atoms with Crippen LogP contribution in [-0.4, -0.2) is 49.4 Å². The number of amides is 2. The Bertz CT molecular complexity index is 749. The van der Waals surface area contributed by atoms with Crippen LogP contribution in [0.5, 0.6) is 11.5 Å². The van der Waals surface area contributed by atoms with Gasteiger partial charge in [-0.05, 0) is 30.3 Å². The van der Waals surface area contributed by atoms with Gasteiger partial charge in [-0.3, -0.25) is 9.59 Å². The molecule has 6 heteroatoms. The summed E-state index contributed by atoms with van der Waals surface area (Å²) in [6.07, 6.45) is 0. The summed E-state index contributed by atoms with van der Waals surface area (Å²) in [5, 5.41) is 5.73. The number of carbonyl (C=O) groups excluding carboxylic acids is 2. The fourth-order valence-corrected chi connectivity index (χ4v) is 2.78. The molecular formula is C19H21N3O3. The van der Waals surface area contributed by atoms with Crippen molar-refractivity contribution in [2.45, 2.75) is 6.04 Å². The van der Waals surface area contributed by atoms with Crippen molar-refractivity contribution in [1.29, 1.82) is 0 Å². The molecule has 1 fully saturated rings. The molecule has 1 aliphatic rings. The SMILES string of the molecule is CNC(=O)[C@@H]1CN(C(=O)c2cccc(Oc3ccccc3)c2)CCN1. The number of piperazine rings is 1. The van der Waals surface area contributed by atoms with E-state index in [1.165, 1.54) is 0 Å². The highest BCUT2D eigenvalue weighted by atomic mass is 16.5. The van der Waals surface area contributed by atoms with E-state index in [9.17, 15) is 9.59 Å². The van der Waals surface area contributed by atoms with Gasteiger partial charge in [-0.25, -0.2) is 0 Å². The first-order chi connectivity index (χ1) is 12.2. The largest absolute Gasteiger partial charge is 0.457 e. The highest BCUT2D eigenvalue weighted by molar-refractivity contribution is 5.95. The van der Waals surface area contributed by atoms with Gasteiger partial charge >= 0.3 is 0 Å². The Morgan fingerprint density at radius 3 is 2.64 bits per heavy atom. The lowest BCUT2D eigenvalue weighted by atomic mass is 10.1. The molecule has 0 spiro atoms. The van der Waals surface area contributed by atoms with E-state index in [0.29, 0.717) is 36.7 Å². The minimum absolute atomic E-state index is 0.103. The summed E-state index contributed by atoms with van der Waals surface area (Å²) in [6, 6.07) is 16.1. The molecule has 0 saturated carbocycles. The van der Waals surface area contributed by atoms with Crippen LogP contribution in [0.3, 0.4) is 0 Å². The highest BCUT2D eigenvalue weighted by Crippen LogP contribution is 2.22. The van der Waals surface area contributed by atoms with E-state index in [1.54, 1.807) is 30.1 Å². The van der Waals surface area contributed by atoms with Crippen LogP contribution in [0.1, 0.15) is 10.4 Å². The van der Waals surface area contributed by atoms with Gasteiger partial charge in [0.2, 0.25) is 5.91 Å². The van der Waals surface area contributed by atoms with Crippen LogP contribution in [0.15, 0.2) is 54.6 Å². The summed E-state index contributed by atoms with van der Waals surface area (Å²) < 4.78 is 5.79. The predicted molar refractivity (Wildman–Crippen MR) is 94.7 cm³/mol. The minimum atomic E-state index is -0.383. The number of likely N-dealkylation sites (N-methyl/N-ethyl adjacent to an activating group) is 1. The number of nitrogens with one attached hydrogen (secondary N) is 2. The average Bonchev–Trinajstić information content (AvgIpc) is 2.68. The van der Waals surface area contributed by atoms with Crippen LogP contribution in [0.2, 0.25) is 0 Å². The molecule has 0 bridgehead atoms. The van der Waals surface area contributed by atoms with Gasteiger partial charge in [-0.2, -0.15) is 0 Å². The standard InChI is InChI=1S/C19H21N3O3/c1-20-18(23)17-13-22(11-10-21-17)19(24)14-6-5-9-16(12-14)25-15-7-3-2-4-8-15/h2-9,12,17,21H,10-11,13H2,1H3,(H,20,23)/t17-/m0/s1. The normalized spacial score (nSPS) is 17.0. The monoisotopic (exact) mass is 339 g/mol. The summed E-state index contributed by atoms with van der Waals surface area (Å²) in [7, 11) is 1.59. The van der Waals surface area contributed by atoms with Crippen LogP contribution in [-0.2, 0) is 4.79 Å². The molecule has 0 radical (unpaired) electrons. The highest BCUT2D eigenvalue weighted by Gasteiger charge is 2.28. The lowest BCUT2D eigenvalue weighted by Gasteiger charge is -2.32. The van der Waals surface area contributed by atoms with E-state index in [0.717, 1.165) is 0 Å². The van der Waals surface area contributed by atoms with Crippen molar-refractivity contribution in [3.63, 3.8) is 0 Å². The molecule has 1 atom stereocenters. The zero-order chi connectivity index (χ0) is 17.6. The molecule has 25 heavy (non-hydrogen) atoms. The first kappa shape index (κ1) is 17.0. The van der Waals surface area contributed by atoms with Crippen LogP contribution < -0.4 is 15.4 Å². The fraction of sp³-hybridized carbons (Fsp3) is 0.263. The van der Waals surface area contributed by atoms with E-state index < -0.39 is 0 Å². The molecule has 0 aromatic heterocycles. The Kier molecular flexibility index (Phi) is 5.30. The summed E-state index contributed by atoms with van der Waals surface area (Å²) in [5.74, 6) is 1.11. The van der Waals surface area contributed by atoms with Crippen LogP contribution >= 0.6 is 0 Å². The van der Waals surface area contributed by atoms with Gasteiger partial charge in [0.15, 0.2) is 0 Å². The van der Waals surface area contributed by atoms with Crippen molar-refractivity contribution in [2.24, 2.45) is 0 Å². The lowest BCUT2D eigenvalue weighted by Crippen LogP contribution is -2.57. The molecule has 1 heterocycles. The van der Waals surface area contributed by atoms with Gasteiger partial charge in [-0.15, -0.1) is 0 Å². The minimum Gasteiger partial charge on any atom is -0.457 e. The zero-order valence-corrected chi connectivity index (χ0v) is 14.1. The van der Waals surface area contributed by atoms with Gasteiger partial charge in [-0.1, -0.05) is 24.3 Å². The Morgan fingerprint density at radius 1 is 1.12 bits per heavy atom. The molecule has 0 aliphatic carbocycles. The Labute approximate surface area is 146 Å². The molecule has 2 aromatic carbocycles. The molecule has 1 saturated heterocycles. The Balaban J connectivity index is 1.72. The van der Waals surface area contributed by atoms with E-state index >= 15 is 0 Å². The molecule has 2 amide bonds. The molecule has 2 N–H and O–H groups in total. The second kappa shape index (κ2) is 7.81. The second-order valence-corrected chi connectivity index (χ2v) is 5.82. The lowest BCUT2D eigenvalue weighted by molar-refractivity contribution is -0.123. The van der Waals surface area contributed by atoms with Crippen LogP contribution in [0.4, 0.5) is 0 Å². The number of hydrogen-bond donors (Lipinski definition) is 2. The second-order valence-electron chi connectivity index (χ2n) is 5.82. The van der Waals surface area contributed by atoms with E-state index in [2.05, 4.69) is 10.6 Å². The quantitative estimate of drug-likeness (QED) is 0.888. The van der Waals surface area contributed by atoms with E-state index in [-0.39, 0.29) is 17.9 Å². The third-order valence-electron chi connectivity index (χ3n) is 4.09. The van der Waals surface area contributed by atoms with Crippen LogP contribution in [0, 0.1) is 0 Å². The van der Waals surface area contributed by atoms with Crippen molar-refractivity contribution >= 4 is 11.8 Å². The van der Waals surface area contributed by atoms with Crippen molar-refractivity contribution in [2.75, 3.05) is 26.7 Å². The summed E-state index contributed by atoms with van der Waals surface area (Å²) >= 11 is 0. The van der Waals surface area contributed by atoms with Crippen molar-refractivity contribution < 1.29 is 14.3 Å². The first-order valence-corrected chi connectivity index (χ1v) is 8.24. The third-order valence-corrected chi connectivity index (χ3v) is 4.09. The number of benzene rings is 2. The smallest absolute Gasteiger partial charge is 0.254 e. The third kappa shape index (κ3) is 4.16. The number of nitrogens with zero attached hydrogens (tertiary/aromatic N) is 1. The Morgan fingerprint density at radius 2 is 1.88 bits per heavy atom. The summed E-state index contributed by atoms with van der Waals surface area (Å²) in [6.45, 7) is 1.50. The maximum absolute atomic E-state index is 12.8. The van der Waals surface area contributed by atoms with Crippen LogP contribution in [0.25, 0.3) is 0 Å². The molecular weight excluding hydrogens is 318 g/mol. The number of hydrogen-bond acceptors (Lipinski definition) is 4. The molecule has 6 nitrogen and oxygen atoms in total. The van der Waals surface area contributed by atoms with Gasteiger partial charge in [0.05, 0.1) is 0 Å². The molecule has 2 aromatic rings. The summed E-state index contributed by atoms with van der Waals surface area (Å²) in [4.78, 5) is 26.3. The van der Waals surface area contributed by atoms with Crippen molar-refractivity contribution in [3.05, 3.63) is 60.2 Å². The molecule has 0 unspecified atom stereocenters. The first-order valence-electron chi connectivity index (χ1n) is 8.24. The average molecular weight is 339 g/mol. The van der Waals surface area contributed by atoms with Gasteiger partial charge < -0.3 is 20.3 Å². The number of para-hydroxylation sites is 1. The molecule has 1 aliphatic heterocycles. The molecule has 3 rings (SSSR count). The number of rotatable bonds is 4. The number of carbonyl (C=O) groups is 2. The van der Waals surface area contributed by atoms with Crippen molar-refractivity contribution in [3.8, 4) is 11.5 Å². The van der Waals surface area contributed by atoms with E-state index in [1.807, 2.05) is 36.4 Å². The topological polar surface area (TPSA) is 70.7 Å². The maximum atomic E-state index is 12.8. The Hall–Kier alpha value is -2.86. The van der Waals surface area contributed by atoms with Crippen molar-refractivity contribution in [1.82, 2.24) is 15.5 Å². The fourth-order valence-electron chi connectivity index (χ4n) is 2.78. The van der Waals surface area contributed by atoms with Gasteiger partial charge in [0.25, 0.3) is 5.91 Å². The van der Waals surface area contributed by atoms with Gasteiger partial charge in [0, 0.05) is 32.2 Å². The number of ether oxygens (including phenoxy) is 1.